The molecule has 0 bridgehead atoms. The summed E-state index contributed by atoms with van der Waals surface area (Å²) in [6.07, 6.45) is 8.24. The molecule has 0 radical (unpaired) electrons. The maximum absolute atomic E-state index is 13.8. The lowest BCUT2D eigenvalue weighted by Crippen LogP contribution is -2.63. The predicted molar refractivity (Wildman–Crippen MR) is 124 cm³/mol. The van der Waals surface area contributed by atoms with Crippen molar-refractivity contribution >= 4 is 17.5 Å². The van der Waals surface area contributed by atoms with Crippen molar-refractivity contribution in [3.05, 3.63) is 95.8 Å². The lowest BCUT2D eigenvalue weighted by Gasteiger charge is -2.53. The zero-order chi connectivity index (χ0) is 22.0. The van der Waals surface area contributed by atoms with Gasteiger partial charge in [-0.05, 0) is 54.3 Å². The molecule has 1 aliphatic heterocycles. The summed E-state index contributed by atoms with van der Waals surface area (Å²) >= 11 is 0. The number of hydrogen-bond donors (Lipinski definition) is 1. The molecule has 5 rings (SSSR count). The van der Waals surface area contributed by atoms with Crippen LogP contribution < -0.4 is 10.2 Å². The summed E-state index contributed by atoms with van der Waals surface area (Å²) < 4.78 is 0. The zero-order valence-electron chi connectivity index (χ0n) is 18.0. The molecular formula is C27H27N3O2. The van der Waals surface area contributed by atoms with Gasteiger partial charge in [0.15, 0.2) is 0 Å². The molecule has 3 aromatic rings. The smallest absolute Gasteiger partial charge is 0.259 e. The molecule has 2 aromatic carbocycles. The van der Waals surface area contributed by atoms with Crippen LogP contribution in [-0.4, -0.2) is 22.3 Å². The van der Waals surface area contributed by atoms with Gasteiger partial charge < -0.3 is 10.2 Å². The summed E-state index contributed by atoms with van der Waals surface area (Å²) in [7, 11) is 0. The molecule has 1 aliphatic carbocycles. The fourth-order valence-electron chi connectivity index (χ4n) is 5.49. The summed E-state index contributed by atoms with van der Waals surface area (Å²) in [4.78, 5) is 33.6. The number of carbonyl (C=O) groups excluding carboxylic acids is 2. The van der Waals surface area contributed by atoms with E-state index in [1.165, 1.54) is 0 Å². The predicted octanol–water partition coefficient (Wildman–Crippen LogP) is 4.84. The van der Waals surface area contributed by atoms with Crippen LogP contribution in [-0.2, 0) is 11.3 Å². The van der Waals surface area contributed by atoms with E-state index in [-0.39, 0.29) is 11.8 Å². The Labute approximate surface area is 188 Å². The molecule has 2 amide bonds. The number of hydrogen-bond acceptors (Lipinski definition) is 3. The van der Waals surface area contributed by atoms with Crippen molar-refractivity contribution < 1.29 is 9.59 Å². The van der Waals surface area contributed by atoms with Crippen LogP contribution in [0.1, 0.15) is 59.5 Å². The summed E-state index contributed by atoms with van der Waals surface area (Å²) in [6.45, 7) is 0.440. The van der Waals surface area contributed by atoms with Crippen LogP contribution in [0.25, 0.3) is 0 Å². The molecular weight excluding hydrogens is 398 g/mol. The van der Waals surface area contributed by atoms with Crippen molar-refractivity contribution in [1.29, 1.82) is 0 Å². The van der Waals surface area contributed by atoms with Crippen molar-refractivity contribution in [3.63, 3.8) is 0 Å². The highest BCUT2D eigenvalue weighted by molar-refractivity contribution is 6.12. The van der Waals surface area contributed by atoms with Gasteiger partial charge in [0.25, 0.3) is 5.91 Å². The van der Waals surface area contributed by atoms with E-state index < -0.39 is 11.5 Å². The lowest BCUT2D eigenvalue weighted by atomic mass is 9.65. The molecule has 1 fully saturated rings. The van der Waals surface area contributed by atoms with Crippen LogP contribution in [0.4, 0.5) is 5.69 Å². The van der Waals surface area contributed by atoms with E-state index in [4.69, 9.17) is 0 Å². The number of nitrogens with one attached hydrogen (secondary N) is 1. The zero-order valence-corrected chi connectivity index (χ0v) is 18.0. The molecule has 5 nitrogen and oxygen atoms in total. The molecule has 1 N–H and O–H groups in total. The standard InChI is InChI=1S/C27H27N3O2/c31-25(29-19-20-13-17-28-18-14-20)24-22-11-5-6-12-23(22)26(32)30(21-9-3-1-4-10-21)27(24)15-7-2-8-16-27/h1,3-6,9-14,17-18,24H,2,7-8,15-16,19H2,(H,29,31)/t24-/m0/s1. The van der Waals surface area contributed by atoms with Crippen LogP contribution in [0.2, 0.25) is 0 Å². The number of amides is 2. The Morgan fingerprint density at radius 3 is 2.38 bits per heavy atom. The van der Waals surface area contributed by atoms with Gasteiger partial charge in [-0.15, -0.1) is 0 Å². The molecule has 0 unspecified atom stereocenters. The van der Waals surface area contributed by atoms with E-state index in [1.807, 2.05) is 71.6 Å². The van der Waals surface area contributed by atoms with Gasteiger partial charge in [0.2, 0.25) is 5.91 Å². The maximum atomic E-state index is 13.8. The largest absolute Gasteiger partial charge is 0.351 e. The first-order valence-corrected chi connectivity index (χ1v) is 11.4. The molecule has 162 valence electrons. The Kier molecular flexibility index (Phi) is 5.48. The van der Waals surface area contributed by atoms with E-state index in [9.17, 15) is 9.59 Å². The van der Waals surface area contributed by atoms with E-state index in [0.717, 1.165) is 48.9 Å². The van der Waals surface area contributed by atoms with E-state index >= 15 is 0 Å². The maximum Gasteiger partial charge on any atom is 0.259 e. The van der Waals surface area contributed by atoms with E-state index in [2.05, 4.69) is 10.3 Å². The van der Waals surface area contributed by atoms with Gasteiger partial charge in [0, 0.05) is 30.2 Å². The first-order valence-electron chi connectivity index (χ1n) is 11.4. The summed E-state index contributed by atoms with van der Waals surface area (Å²) in [6, 6.07) is 21.3. The second kappa shape index (κ2) is 8.58. The van der Waals surface area contributed by atoms with Gasteiger partial charge in [0.1, 0.15) is 0 Å². The van der Waals surface area contributed by atoms with Crippen molar-refractivity contribution in [2.75, 3.05) is 4.90 Å². The number of fused-ring (bicyclic) bond motifs is 1. The minimum absolute atomic E-state index is 0.00752. The fourth-order valence-corrected chi connectivity index (χ4v) is 5.49. The highest BCUT2D eigenvalue weighted by atomic mass is 16.2. The van der Waals surface area contributed by atoms with Crippen molar-refractivity contribution in [1.82, 2.24) is 10.3 Å². The third kappa shape index (κ3) is 3.48. The lowest BCUT2D eigenvalue weighted by molar-refractivity contribution is -0.124. The Balaban J connectivity index is 1.61. The van der Waals surface area contributed by atoms with Crippen molar-refractivity contribution in [3.8, 4) is 0 Å². The molecule has 0 saturated heterocycles. The molecule has 1 atom stereocenters. The molecule has 5 heteroatoms. The summed E-state index contributed by atoms with van der Waals surface area (Å²) in [5.74, 6) is -0.449. The first kappa shape index (κ1) is 20.4. The first-order chi connectivity index (χ1) is 15.7. The Morgan fingerprint density at radius 2 is 1.62 bits per heavy atom. The summed E-state index contributed by atoms with van der Waals surface area (Å²) in [5, 5.41) is 3.16. The second-order valence-electron chi connectivity index (χ2n) is 8.73. The topological polar surface area (TPSA) is 62.3 Å². The monoisotopic (exact) mass is 425 g/mol. The van der Waals surface area contributed by atoms with Crippen molar-refractivity contribution in [2.24, 2.45) is 0 Å². The van der Waals surface area contributed by atoms with Gasteiger partial charge >= 0.3 is 0 Å². The summed E-state index contributed by atoms with van der Waals surface area (Å²) in [5.41, 5.74) is 2.77. The minimum atomic E-state index is -0.562. The number of rotatable bonds is 4. The number of nitrogens with zero attached hydrogens (tertiary/aromatic N) is 2. The number of aromatic nitrogens is 1. The van der Waals surface area contributed by atoms with E-state index in [0.29, 0.717) is 12.1 Å². The van der Waals surface area contributed by atoms with Gasteiger partial charge in [-0.1, -0.05) is 55.7 Å². The van der Waals surface area contributed by atoms with Crippen molar-refractivity contribution in [2.45, 2.75) is 50.1 Å². The van der Waals surface area contributed by atoms with Crippen LogP contribution in [0, 0.1) is 0 Å². The third-order valence-electron chi connectivity index (χ3n) is 6.90. The average molecular weight is 426 g/mol. The molecule has 1 spiro atoms. The van der Waals surface area contributed by atoms with Crippen LogP contribution >= 0.6 is 0 Å². The SMILES string of the molecule is O=C(NCc1ccncc1)[C@@H]1c2ccccc2C(=O)N(c2ccccc2)C12CCCCC2. The minimum Gasteiger partial charge on any atom is -0.351 e. The molecule has 2 heterocycles. The number of carbonyl (C=O) groups is 2. The normalized spacial score (nSPS) is 19.4. The van der Waals surface area contributed by atoms with Crippen LogP contribution in [0.15, 0.2) is 79.1 Å². The van der Waals surface area contributed by atoms with Crippen LogP contribution in [0.3, 0.4) is 0 Å². The van der Waals surface area contributed by atoms with E-state index in [1.54, 1.807) is 12.4 Å². The average Bonchev–Trinajstić information content (AvgIpc) is 2.85. The van der Waals surface area contributed by atoms with Gasteiger partial charge in [0.05, 0.1) is 11.5 Å². The number of benzene rings is 2. The second-order valence-corrected chi connectivity index (χ2v) is 8.73. The van der Waals surface area contributed by atoms with Gasteiger partial charge in [-0.25, -0.2) is 0 Å². The number of para-hydroxylation sites is 1. The Hall–Kier alpha value is -3.47. The molecule has 1 aromatic heterocycles. The number of pyridine rings is 1. The quantitative estimate of drug-likeness (QED) is 0.650. The molecule has 2 aliphatic rings. The number of anilines is 1. The molecule has 1 saturated carbocycles. The highest BCUT2D eigenvalue weighted by Gasteiger charge is 2.55. The third-order valence-corrected chi connectivity index (χ3v) is 6.90. The molecule has 32 heavy (non-hydrogen) atoms. The highest BCUT2D eigenvalue weighted by Crippen LogP contribution is 2.50. The Bertz CT molecular complexity index is 1110. The fraction of sp³-hybridized carbons (Fsp3) is 0.296. The Morgan fingerprint density at radius 1 is 0.938 bits per heavy atom. The van der Waals surface area contributed by atoms with Crippen LogP contribution in [0.5, 0.6) is 0 Å². The van der Waals surface area contributed by atoms with Gasteiger partial charge in [-0.2, -0.15) is 0 Å². The van der Waals surface area contributed by atoms with Gasteiger partial charge in [-0.3, -0.25) is 14.6 Å².